The van der Waals surface area contributed by atoms with Gasteiger partial charge in [0.1, 0.15) is 6.04 Å². The van der Waals surface area contributed by atoms with E-state index in [-0.39, 0.29) is 11.8 Å². The molecule has 1 rings (SSSR count). The maximum absolute atomic E-state index is 11.2. The van der Waals surface area contributed by atoms with Crippen LogP contribution in [0.4, 0.5) is 0 Å². The van der Waals surface area contributed by atoms with Gasteiger partial charge in [-0.25, -0.2) is 4.31 Å². The smallest absolute Gasteiger partial charge is 0.272 e. The number of hydrogen-bond donors (Lipinski definition) is 1. The predicted molar refractivity (Wildman–Crippen MR) is 43.5 cm³/mol. The third-order valence-corrected chi connectivity index (χ3v) is 3.33. The molecule has 0 aromatic carbocycles. The van der Waals surface area contributed by atoms with Gasteiger partial charge >= 0.3 is 10.2 Å². The first-order valence-corrected chi connectivity index (χ1v) is 5.10. The van der Waals surface area contributed by atoms with Crippen LogP contribution in [-0.4, -0.2) is 31.7 Å². The van der Waals surface area contributed by atoms with Crippen LogP contribution in [0, 0.1) is 5.92 Å². The van der Waals surface area contributed by atoms with Crippen LogP contribution in [0.2, 0.25) is 0 Å². The number of hydrogen-bond acceptors (Lipinski definition) is 3. The van der Waals surface area contributed by atoms with Crippen LogP contribution in [0.25, 0.3) is 0 Å². The fourth-order valence-corrected chi connectivity index (χ4v) is 2.23. The summed E-state index contributed by atoms with van der Waals surface area (Å²) in [6, 6.07) is -0.597. The van der Waals surface area contributed by atoms with Crippen molar-refractivity contribution in [2.24, 2.45) is 5.92 Å². The zero-order valence-corrected chi connectivity index (χ0v) is 8.05. The zero-order chi connectivity index (χ0) is 9.52. The second kappa shape index (κ2) is 2.70. The van der Waals surface area contributed by atoms with Gasteiger partial charge in [0.25, 0.3) is 5.91 Å². The fraction of sp³-hybridized carbons (Fsp3) is 0.833. The van der Waals surface area contributed by atoms with Crippen molar-refractivity contribution in [3.8, 4) is 0 Å². The van der Waals surface area contributed by atoms with Crippen LogP contribution in [-0.2, 0) is 15.0 Å². The Morgan fingerprint density at radius 2 is 2.00 bits per heavy atom. The molecule has 1 N–H and O–H groups in total. The lowest BCUT2D eigenvalue weighted by molar-refractivity contribution is -0.126. The standard InChI is InChI=1S/C6H12N2O3S/c1-4(2)5-6(9)8(3)12(10,11)7-5/h4-5,7H,1-3H3. The minimum atomic E-state index is -3.53. The van der Waals surface area contributed by atoms with Gasteiger partial charge in [-0.3, -0.25) is 4.79 Å². The molecular formula is C6H12N2O3S. The van der Waals surface area contributed by atoms with Gasteiger partial charge in [0.15, 0.2) is 0 Å². The Morgan fingerprint density at radius 3 is 2.17 bits per heavy atom. The SMILES string of the molecule is CC(C)C1NS(=O)(=O)N(C)C1=O. The summed E-state index contributed by atoms with van der Waals surface area (Å²) >= 11 is 0. The number of carbonyl (C=O) groups excluding carboxylic acids is 1. The fourth-order valence-electron chi connectivity index (χ4n) is 1.03. The quantitative estimate of drug-likeness (QED) is 0.598. The first kappa shape index (κ1) is 9.47. The molecule has 0 spiro atoms. The molecule has 0 aromatic rings. The normalized spacial score (nSPS) is 28.5. The van der Waals surface area contributed by atoms with Gasteiger partial charge in [-0.05, 0) is 5.92 Å². The van der Waals surface area contributed by atoms with Crippen molar-refractivity contribution in [2.45, 2.75) is 19.9 Å². The Morgan fingerprint density at radius 1 is 1.50 bits per heavy atom. The Kier molecular flexibility index (Phi) is 2.13. The predicted octanol–water partition coefficient (Wildman–Crippen LogP) is -0.683. The molecule has 5 nitrogen and oxygen atoms in total. The Labute approximate surface area is 71.9 Å². The monoisotopic (exact) mass is 192 g/mol. The van der Waals surface area contributed by atoms with Crippen LogP contribution < -0.4 is 4.72 Å². The minimum Gasteiger partial charge on any atom is -0.272 e. The summed E-state index contributed by atoms with van der Waals surface area (Å²) < 4.78 is 25.2. The van der Waals surface area contributed by atoms with E-state index >= 15 is 0 Å². The van der Waals surface area contributed by atoms with Crippen molar-refractivity contribution in [2.75, 3.05) is 7.05 Å². The summed E-state index contributed by atoms with van der Waals surface area (Å²) in [5, 5.41) is 0. The molecule has 1 atom stereocenters. The van der Waals surface area contributed by atoms with Gasteiger partial charge in [0.05, 0.1) is 0 Å². The van der Waals surface area contributed by atoms with Crippen molar-refractivity contribution in [1.82, 2.24) is 9.03 Å². The van der Waals surface area contributed by atoms with Gasteiger partial charge in [-0.15, -0.1) is 0 Å². The molecule has 1 saturated heterocycles. The van der Waals surface area contributed by atoms with E-state index in [1.807, 2.05) is 0 Å². The lowest BCUT2D eigenvalue weighted by Crippen LogP contribution is -2.34. The maximum atomic E-state index is 11.2. The summed E-state index contributed by atoms with van der Waals surface area (Å²) in [6.07, 6.45) is 0. The van der Waals surface area contributed by atoms with Gasteiger partial charge in [-0.2, -0.15) is 13.1 Å². The summed E-state index contributed by atoms with van der Waals surface area (Å²) in [4.78, 5) is 11.2. The lowest BCUT2D eigenvalue weighted by Gasteiger charge is -2.09. The molecule has 12 heavy (non-hydrogen) atoms. The van der Waals surface area contributed by atoms with Crippen molar-refractivity contribution < 1.29 is 13.2 Å². The van der Waals surface area contributed by atoms with Crippen LogP contribution in [0.15, 0.2) is 0 Å². The van der Waals surface area contributed by atoms with Gasteiger partial charge in [0.2, 0.25) is 0 Å². The van der Waals surface area contributed by atoms with Crippen LogP contribution >= 0.6 is 0 Å². The van der Waals surface area contributed by atoms with Crippen molar-refractivity contribution >= 4 is 16.1 Å². The molecule has 1 heterocycles. The molecule has 1 unspecified atom stereocenters. The molecule has 0 radical (unpaired) electrons. The van der Waals surface area contributed by atoms with E-state index in [1.54, 1.807) is 13.8 Å². The number of nitrogens with zero attached hydrogens (tertiary/aromatic N) is 1. The summed E-state index contributed by atoms with van der Waals surface area (Å²) in [5.41, 5.74) is 0. The van der Waals surface area contributed by atoms with Crippen LogP contribution in [0.3, 0.4) is 0 Å². The first-order valence-electron chi connectivity index (χ1n) is 3.66. The molecule has 1 amide bonds. The zero-order valence-electron chi connectivity index (χ0n) is 7.23. The number of amides is 1. The topological polar surface area (TPSA) is 66.5 Å². The second-order valence-electron chi connectivity index (χ2n) is 3.15. The average Bonchev–Trinajstić information content (AvgIpc) is 2.14. The van der Waals surface area contributed by atoms with E-state index < -0.39 is 16.3 Å². The number of nitrogens with one attached hydrogen (secondary N) is 1. The highest BCUT2D eigenvalue weighted by Crippen LogP contribution is 2.15. The molecule has 1 aliphatic rings. The molecule has 0 aliphatic carbocycles. The first-order chi connectivity index (χ1) is 5.36. The third-order valence-electron chi connectivity index (χ3n) is 1.88. The molecular weight excluding hydrogens is 180 g/mol. The summed E-state index contributed by atoms with van der Waals surface area (Å²) in [6.45, 7) is 3.59. The van der Waals surface area contributed by atoms with Crippen LogP contribution in [0.5, 0.6) is 0 Å². The molecule has 0 saturated carbocycles. The van der Waals surface area contributed by atoms with Crippen molar-refractivity contribution in [3.05, 3.63) is 0 Å². The Bertz CT molecular complexity index is 296. The van der Waals surface area contributed by atoms with E-state index in [0.29, 0.717) is 0 Å². The highest BCUT2D eigenvalue weighted by Gasteiger charge is 2.41. The minimum absolute atomic E-state index is 0.0165. The van der Waals surface area contributed by atoms with Gasteiger partial charge in [0, 0.05) is 7.05 Å². The Hall–Kier alpha value is -0.620. The highest BCUT2D eigenvalue weighted by molar-refractivity contribution is 7.88. The van der Waals surface area contributed by atoms with Crippen LogP contribution in [0.1, 0.15) is 13.8 Å². The van der Waals surface area contributed by atoms with Gasteiger partial charge < -0.3 is 0 Å². The largest absolute Gasteiger partial charge is 0.304 e. The highest BCUT2D eigenvalue weighted by atomic mass is 32.2. The second-order valence-corrected chi connectivity index (χ2v) is 4.88. The van der Waals surface area contributed by atoms with E-state index in [0.717, 1.165) is 4.31 Å². The van der Waals surface area contributed by atoms with E-state index in [2.05, 4.69) is 4.72 Å². The average molecular weight is 192 g/mol. The van der Waals surface area contributed by atoms with E-state index in [1.165, 1.54) is 7.05 Å². The number of likely N-dealkylation sites (N-methyl/N-ethyl adjacent to an activating group) is 1. The Balaban J connectivity index is 2.97. The number of rotatable bonds is 1. The van der Waals surface area contributed by atoms with E-state index in [9.17, 15) is 13.2 Å². The molecule has 70 valence electrons. The lowest BCUT2D eigenvalue weighted by atomic mass is 10.1. The number of carbonyl (C=O) groups is 1. The summed E-state index contributed by atoms with van der Waals surface area (Å²) in [7, 11) is -2.28. The third kappa shape index (κ3) is 1.32. The summed E-state index contributed by atoms with van der Waals surface area (Å²) in [5.74, 6) is -0.401. The van der Waals surface area contributed by atoms with Crippen molar-refractivity contribution in [3.63, 3.8) is 0 Å². The van der Waals surface area contributed by atoms with Crippen molar-refractivity contribution in [1.29, 1.82) is 0 Å². The molecule has 0 aromatic heterocycles. The van der Waals surface area contributed by atoms with Gasteiger partial charge in [-0.1, -0.05) is 13.8 Å². The molecule has 6 heteroatoms. The maximum Gasteiger partial charge on any atom is 0.304 e. The molecule has 0 bridgehead atoms. The molecule has 1 aliphatic heterocycles. The van der Waals surface area contributed by atoms with E-state index in [4.69, 9.17) is 0 Å². The molecule has 1 fully saturated rings.